The Bertz CT molecular complexity index is 284. The van der Waals surface area contributed by atoms with E-state index in [1.165, 1.54) is 5.56 Å². The van der Waals surface area contributed by atoms with Gasteiger partial charge >= 0.3 is 0 Å². The molecule has 1 N–H and O–H groups in total. The molecule has 1 aromatic rings. The predicted octanol–water partition coefficient (Wildman–Crippen LogP) is 2.80. The Hall–Kier alpha value is -1.02. The number of ether oxygens (including phenoxy) is 1. The Labute approximate surface area is 92.6 Å². The van der Waals surface area contributed by atoms with E-state index in [9.17, 15) is 0 Å². The lowest BCUT2D eigenvalue weighted by molar-refractivity contribution is 0.305. The maximum Gasteiger partial charge on any atom is 0.122 e. The summed E-state index contributed by atoms with van der Waals surface area (Å²) in [4.78, 5) is 0. The second-order valence-corrected chi connectivity index (χ2v) is 4.00. The van der Waals surface area contributed by atoms with Crippen molar-refractivity contribution >= 4 is 0 Å². The highest BCUT2D eigenvalue weighted by molar-refractivity contribution is 5.35. The highest BCUT2D eigenvalue weighted by atomic mass is 16.5. The van der Waals surface area contributed by atoms with Gasteiger partial charge in [0.1, 0.15) is 5.75 Å². The Morgan fingerprint density at radius 3 is 2.67 bits per heavy atom. The fraction of sp³-hybridized carbons (Fsp3) is 0.538. The van der Waals surface area contributed by atoms with Gasteiger partial charge in [-0.1, -0.05) is 32.0 Å². The first-order valence-corrected chi connectivity index (χ1v) is 5.62. The van der Waals surface area contributed by atoms with Crippen molar-refractivity contribution in [3.8, 4) is 5.75 Å². The van der Waals surface area contributed by atoms with Gasteiger partial charge in [0, 0.05) is 0 Å². The second-order valence-electron chi connectivity index (χ2n) is 4.00. The molecule has 0 saturated carbocycles. The molecule has 0 radical (unpaired) electrons. The van der Waals surface area contributed by atoms with E-state index in [-0.39, 0.29) is 0 Å². The van der Waals surface area contributed by atoms with Crippen LogP contribution in [0.25, 0.3) is 0 Å². The summed E-state index contributed by atoms with van der Waals surface area (Å²) in [5.41, 5.74) is 1.29. The lowest BCUT2D eigenvalue weighted by Gasteiger charge is -2.13. The lowest BCUT2D eigenvalue weighted by atomic mass is 10.0. The van der Waals surface area contributed by atoms with Gasteiger partial charge in [-0.3, -0.25) is 0 Å². The quantitative estimate of drug-likeness (QED) is 0.724. The smallest absolute Gasteiger partial charge is 0.122 e. The molecule has 2 nitrogen and oxygen atoms in total. The van der Waals surface area contributed by atoms with Gasteiger partial charge in [0.15, 0.2) is 0 Å². The highest BCUT2D eigenvalue weighted by Gasteiger charge is 2.05. The molecule has 0 aliphatic heterocycles. The molecule has 0 atom stereocenters. The minimum atomic E-state index is 0.519. The van der Waals surface area contributed by atoms with Crippen LogP contribution in [0.2, 0.25) is 0 Å². The van der Waals surface area contributed by atoms with Crippen LogP contribution in [0, 0.1) is 0 Å². The molecule has 15 heavy (non-hydrogen) atoms. The topological polar surface area (TPSA) is 21.3 Å². The summed E-state index contributed by atoms with van der Waals surface area (Å²) in [6.45, 7) is 6.17. The molecule has 2 heteroatoms. The SMILES string of the molecule is CNCCCOc1ccccc1C(C)C. The number of para-hydroxylation sites is 1. The fourth-order valence-electron chi connectivity index (χ4n) is 1.52. The third kappa shape index (κ3) is 3.92. The van der Waals surface area contributed by atoms with Crippen molar-refractivity contribution in [2.24, 2.45) is 0 Å². The molecular formula is C13H21NO. The summed E-state index contributed by atoms with van der Waals surface area (Å²) in [6.07, 6.45) is 1.04. The van der Waals surface area contributed by atoms with Crippen LogP contribution in [-0.4, -0.2) is 20.2 Å². The molecule has 0 amide bonds. The largest absolute Gasteiger partial charge is 0.493 e. The second kappa shape index (κ2) is 6.46. The van der Waals surface area contributed by atoms with Crippen LogP contribution in [0.5, 0.6) is 5.75 Å². The molecule has 0 saturated heterocycles. The average Bonchev–Trinajstić information content (AvgIpc) is 2.25. The van der Waals surface area contributed by atoms with Crippen LogP contribution >= 0.6 is 0 Å². The minimum absolute atomic E-state index is 0.519. The van der Waals surface area contributed by atoms with Crippen molar-refractivity contribution in [2.75, 3.05) is 20.2 Å². The number of rotatable bonds is 6. The molecule has 0 unspecified atom stereocenters. The first-order chi connectivity index (χ1) is 7.25. The van der Waals surface area contributed by atoms with Gasteiger partial charge in [-0.2, -0.15) is 0 Å². The predicted molar refractivity (Wildman–Crippen MR) is 64.6 cm³/mol. The van der Waals surface area contributed by atoms with E-state index in [0.717, 1.165) is 25.3 Å². The molecule has 1 aromatic carbocycles. The zero-order valence-corrected chi connectivity index (χ0v) is 9.92. The van der Waals surface area contributed by atoms with Gasteiger partial charge in [0.2, 0.25) is 0 Å². The lowest BCUT2D eigenvalue weighted by Crippen LogP contribution is -2.12. The average molecular weight is 207 g/mol. The van der Waals surface area contributed by atoms with Crippen molar-refractivity contribution < 1.29 is 4.74 Å². The van der Waals surface area contributed by atoms with E-state index in [1.807, 2.05) is 13.1 Å². The van der Waals surface area contributed by atoms with E-state index in [1.54, 1.807) is 0 Å². The van der Waals surface area contributed by atoms with Gasteiger partial charge in [-0.15, -0.1) is 0 Å². The Morgan fingerprint density at radius 1 is 1.27 bits per heavy atom. The van der Waals surface area contributed by atoms with Crippen molar-refractivity contribution in [2.45, 2.75) is 26.2 Å². The molecule has 0 aliphatic carbocycles. The third-order valence-electron chi connectivity index (χ3n) is 2.37. The van der Waals surface area contributed by atoms with Gasteiger partial charge in [0.25, 0.3) is 0 Å². The molecule has 0 fully saturated rings. The summed E-state index contributed by atoms with van der Waals surface area (Å²) < 4.78 is 5.76. The van der Waals surface area contributed by atoms with Crippen molar-refractivity contribution in [1.82, 2.24) is 5.32 Å². The van der Waals surface area contributed by atoms with Crippen LogP contribution in [0.4, 0.5) is 0 Å². The fourth-order valence-corrected chi connectivity index (χ4v) is 1.52. The summed E-state index contributed by atoms with van der Waals surface area (Å²) in [7, 11) is 1.96. The van der Waals surface area contributed by atoms with Gasteiger partial charge in [0.05, 0.1) is 6.61 Å². The Morgan fingerprint density at radius 2 is 2.00 bits per heavy atom. The number of hydrogen-bond donors (Lipinski definition) is 1. The molecular weight excluding hydrogens is 186 g/mol. The van der Waals surface area contributed by atoms with Crippen LogP contribution in [0.1, 0.15) is 31.7 Å². The molecule has 0 heterocycles. The van der Waals surface area contributed by atoms with Crippen molar-refractivity contribution in [3.63, 3.8) is 0 Å². The zero-order valence-electron chi connectivity index (χ0n) is 9.92. The number of benzene rings is 1. The Kier molecular flexibility index (Phi) is 5.19. The molecule has 0 aromatic heterocycles. The maximum absolute atomic E-state index is 5.76. The first kappa shape index (κ1) is 12.1. The van der Waals surface area contributed by atoms with Gasteiger partial charge < -0.3 is 10.1 Å². The summed E-state index contributed by atoms with van der Waals surface area (Å²) in [6, 6.07) is 8.28. The first-order valence-electron chi connectivity index (χ1n) is 5.62. The molecule has 84 valence electrons. The monoisotopic (exact) mass is 207 g/mol. The number of hydrogen-bond acceptors (Lipinski definition) is 2. The minimum Gasteiger partial charge on any atom is -0.493 e. The van der Waals surface area contributed by atoms with Gasteiger partial charge in [-0.25, -0.2) is 0 Å². The van der Waals surface area contributed by atoms with E-state index in [4.69, 9.17) is 4.74 Å². The highest BCUT2D eigenvalue weighted by Crippen LogP contribution is 2.25. The third-order valence-corrected chi connectivity index (χ3v) is 2.37. The van der Waals surface area contributed by atoms with E-state index < -0.39 is 0 Å². The Balaban J connectivity index is 2.52. The zero-order chi connectivity index (χ0) is 11.1. The van der Waals surface area contributed by atoms with Crippen LogP contribution in [-0.2, 0) is 0 Å². The molecule has 0 spiro atoms. The number of nitrogens with one attached hydrogen (secondary N) is 1. The summed E-state index contributed by atoms with van der Waals surface area (Å²) >= 11 is 0. The van der Waals surface area contributed by atoms with Crippen LogP contribution in [0.3, 0.4) is 0 Å². The molecule has 1 rings (SSSR count). The van der Waals surface area contributed by atoms with Gasteiger partial charge in [-0.05, 0) is 37.6 Å². The van der Waals surface area contributed by atoms with Crippen molar-refractivity contribution in [3.05, 3.63) is 29.8 Å². The molecule has 0 bridgehead atoms. The van der Waals surface area contributed by atoms with E-state index >= 15 is 0 Å². The van der Waals surface area contributed by atoms with Crippen LogP contribution < -0.4 is 10.1 Å². The van der Waals surface area contributed by atoms with E-state index in [2.05, 4.69) is 37.4 Å². The summed E-state index contributed by atoms with van der Waals surface area (Å²) in [5, 5.41) is 3.11. The molecule has 0 aliphatic rings. The van der Waals surface area contributed by atoms with Crippen molar-refractivity contribution in [1.29, 1.82) is 0 Å². The maximum atomic E-state index is 5.76. The van der Waals surface area contributed by atoms with Crippen LogP contribution in [0.15, 0.2) is 24.3 Å². The standard InChI is InChI=1S/C13H21NO/c1-11(2)12-7-4-5-8-13(12)15-10-6-9-14-3/h4-5,7-8,11,14H,6,9-10H2,1-3H3. The normalized spacial score (nSPS) is 10.7. The van der Waals surface area contributed by atoms with E-state index in [0.29, 0.717) is 5.92 Å². The summed E-state index contributed by atoms with van der Waals surface area (Å²) in [5.74, 6) is 1.55.